The number of carboxylic acid groups (broad SMARTS) is 2. The minimum Gasteiger partial charge on any atom is -0.481 e. The van der Waals surface area contributed by atoms with Gasteiger partial charge in [0.1, 0.15) is 11.3 Å². The molecule has 1 aliphatic rings. The summed E-state index contributed by atoms with van der Waals surface area (Å²) >= 11 is 0. The molecule has 0 bridgehead atoms. The molecule has 8 nitrogen and oxygen atoms in total. The van der Waals surface area contributed by atoms with Crippen molar-refractivity contribution >= 4 is 17.8 Å². The molecule has 0 spiro atoms. The predicted octanol–water partition coefficient (Wildman–Crippen LogP) is 0.231. The predicted molar refractivity (Wildman–Crippen MR) is 64.0 cm³/mol. The molecule has 8 heteroatoms. The van der Waals surface area contributed by atoms with Gasteiger partial charge in [-0.05, 0) is 13.3 Å². The van der Waals surface area contributed by atoms with Gasteiger partial charge in [-0.3, -0.25) is 14.4 Å². The average Bonchev–Trinajstić information content (AvgIpc) is 2.83. The van der Waals surface area contributed by atoms with E-state index in [2.05, 4.69) is 5.16 Å². The first-order valence-corrected chi connectivity index (χ1v) is 6.08. The zero-order valence-electron chi connectivity index (χ0n) is 10.8. The number of likely N-dealkylation sites (tertiary alicyclic amines) is 1. The first kappa shape index (κ1) is 14.0. The molecule has 0 saturated carbocycles. The van der Waals surface area contributed by atoms with Gasteiger partial charge in [-0.1, -0.05) is 5.16 Å². The van der Waals surface area contributed by atoms with E-state index in [1.807, 2.05) is 0 Å². The van der Waals surface area contributed by atoms with E-state index in [1.165, 1.54) is 11.1 Å². The lowest BCUT2D eigenvalue weighted by Crippen LogP contribution is -2.48. The van der Waals surface area contributed by atoms with Gasteiger partial charge in [-0.2, -0.15) is 0 Å². The fourth-order valence-corrected chi connectivity index (χ4v) is 2.36. The van der Waals surface area contributed by atoms with Gasteiger partial charge in [0, 0.05) is 13.1 Å². The van der Waals surface area contributed by atoms with Gasteiger partial charge in [-0.25, -0.2) is 0 Å². The van der Waals surface area contributed by atoms with Gasteiger partial charge < -0.3 is 19.6 Å². The molecule has 0 aromatic carbocycles. The first-order chi connectivity index (χ1) is 9.41. The van der Waals surface area contributed by atoms with Crippen molar-refractivity contribution in [2.45, 2.75) is 13.3 Å². The van der Waals surface area contributed by atoms with Crippen LogP contribution in [0.4, 0.5) is 0 Å². The molecular weight excluding hydrogens is 268 g/mol. The monoisotopic (exact) mass is 282 g/mol. The second kappa shape index (κ2) is 5.32. The van der Waals surface area contributed by atoms with E-state index in [0.717, 1.165) is 0 Å². The molecule has 0 aliphatic carbocycles. The van der Waals surface area contributed by atoms with E-state index in [1.54, 1.807) is 6.92 Å². The van der Waals surface area contributed by atoms with E-state index in [0.29, 0.717) is 5.76 Å². The van der Waals surface area contributed by atoms with Crippen LogP contribution in [0.25, 0.3) is 0 Å². The number of aromatic nitrogens is 1. The number of carbonyl (C=O) groups is 3. The van der Waals surface area contributed by atoms with Crippen molar-refractivity contribution in [3.05, 3.63) is 17.5 Å². The zero-order valence-corrected chi connectivity index (χ0v) is 10.8. The Labute approximate surface area is 114 Å². The van der Waals surface area contributed by atoms with Crippen LogP contribution in [0.3, 0.4) is 0 Å². The average molecular weight is 282 g/mol. The highest BCUT2D eigenvalue weighted by atomic mass is 16.5. The summed E-state index contributed by atoms with van der Waals surface area (Å²) in [6.07, 6.45) is 1.39. The molecule has 108 valence electrons. The maximum absolute atomic E-state index is 12.2. The normalized spacial score (nSPS) is 22.6. The molecule has 2 rings (SSSR count). The molecule has 2 unspecified atom stereocenters. The van der Waals surface area contributed by atoms with Crippen molar-refractivity contribution in [2.75, 3.05) is 13.1 Å². The van der Waals surface area contributed by atoms with E-state index in [4.69, 9.17) is 14.7 Å². The highest BCUT2D eigenvalue weighted by Crippen LogP contribution is 2.26. The molecule has 2 atom stereocenters. The molecule has 0 radical (unpaired) electrons. The maximum atomic E-state index is 12.2. The standard InChI is InChI=1S/C12H14N2O6/c1-6-8(4-13-20-6)10(15)14-3-2-7(11(16)17)9(5-14)12(18)19/h4,7,9H,2-3,5H2,1H3,(H,16,17)(H,18,19). The van der Waals surface area contributed by atoms with Crippen LogP contribution in [-0.2, 0) is 9.59 Å². The van der Waals surface area contributed by atoms with Crippen LogP contribution in [-0.4, -0.2) is 51.2 Å². The van der Waals surface area contributed by atoms with Crippen LogP contribution >= 0.6 is 0 Å². The van der Waals surface area contributed by atoms with Crippen molar-refractivity contribution in [1.29, 1.82) is 0 Å². The molecular formula is C12H14N2O6. The number of hydrogen-bond donors (Lipinski definition) is 2. The Hall–Kier alpha value is -2.38. The Balaban J connectivity index is 2.17. The molecule has 1 fully saturated rings. The largest absolute Gasteiger partial charge is 0.481 e. The number of piperidine rings is 1. The summed E-state index contributed by atoms with van der Waals surface area (Å²) in [7, 11) is 0. The number of nitrogens with zero attached hydrogens (tertiary/aromatic N) is 2. The fraction of sp³-hybridized carbons (Fsp3) is 0.500. The van der Waals surface area contributed by atoms with E-state index in [-0.39, 0.29) is 31.0 Å². The van der Waals surface area contributed by atoms with Crippen molar-refractivity contribution in [3.8, 4) is 0 Å². The topological polar surface area (TPSA) is 121 Å². The minimum atomic E-state index is -1.21. The smallest absolute Gasteiger partial charge is 0.309 e. The van der Waals surface area contributed by atoms with Crippen molar-refractivity contribution in [1.82, 2.24) is 10.1 Å². The second-order valence-electron chi connectivity index (χ2n) is 4.72. The van der Waals surface area contributed by atoms with Gasteiger partial charge in [0.2, 0.25) is 0 Å². The number of carbonyl (C=O) groups excluding carboxylic acids is 1. The molecule has 1 aromatic heterocycles. The molecule has 1 aromatic rings. The molecule has 20 heavy (non-hydrogen) atoms. The van der Waals surface area contributed by atoms with Gasteiger partial charge >= 0.3 is 11.9 Å². The Morgan fingerprint density at radius 3 is 2.45 bits per heavy atom. The zero-order chi connectivity index (χ0) is 14.9. The van der Waals surface area contributed by atoms with Gasteiger partial charge in [-0.15, -0.1) is 0 Å². The summed E-state index contributed by atoms with van der Waals surface area (Å²) < 4.78 is 4.80. The van der Waals surface area contributed by atoms with Crippen LogP contribution < -0.4 is 0 Å². The highest BCUT2D eigenvalue weighted by molar-refractivity contribution is 5.95. The Kier molecular flexibility index (Phi) is 3.73. The number of hydrogen-bond acceptors (Lipinski definition) is 5. The summed E-state index contributed by atoms with van der Waals surface area (Å²) in [6.45, 7) is 1.65. The number of carboxylic acids is 2. The lowest BCUT2D eigenvalue weighted by atomic mass is 9.85. The summed E-state index contributed by atoms with van der Waals surface area (Å²) in [4.78, 5) is 35.7. The number of aliphatic carboxylic acids is 2. The molecule has 2 N–H and O–H groups in total. The van der Waals surface area contributed by atoms with Gasteiger partial charge in [0.25, 0.3) is 5.91 Å². The summed E-state index contributed by atoms with van der Waals surface area (Å²) in [6, 6.07) is 0. The maximum Gasteiger partial charge on any atom is 0.309 e. The third kappa shape index (κ3) is 2.49. The molecule has 1 saturated heterocycles. The van der Waals surface area contributed by atoms with Crippen LogP contribution in [0.15, 0.2) is 10.7 Å². The lowest BCUT2D eigenvalue weighted by Gasteiger charge is -2.34. The summed E-state index contributed by atoms with van der Waals surface area (Å²) in [5.41, 5.74) is 0.267. The quantitative estimate of drug-likeness (QED) is 0.813. The highest BCUT2D eigenvalue weighted by Gasteiger charge is 2.40. The van der Waals surface area contributed by atoms with E-state index >= 15 is 0 Å². The first-order valence-electron chi connectivity index (χ1n) is 6.08. The molecule has 2 heterocycles. The lowest BCUT2D eigenvalue weighted by molar-refractivity contribution is -0.156. The number of aryl methyl sites for hydroxylation is 1. The Morgan fingerprint density at radius 2 is 1.95 bits per heavy atom. The van der Waals surface area contributed by atoms with Crippen LogP contribution in [0.2, 0.25) is 0 Å². The van der Waals surface area contributed by atoms with E-state index < -0.39 is 23.8 Å². The van der Waals surface area contributed by atoms with Gasteiger partial charge in [0.05, 0.1) is 18.0 Å². The SMILES string of the molecule is Cc1oncc1C(=O)N1CCC(C(=O)O)C(C(=O)O)C1. The molecule has 1 amide bonds. The van der Waals surface area contributed by atoms with Crippen LogP contribution in [0, 0.1) is 18.8 Å². The van der Waals surface area contributed by atoms with Crippen molar-refractivity contribution in [2.24, 2.45) is 11.8 Å². The molecule has 1 aliphatic heterocycles. The number of amides is 1. The fourth-order valence-electron chi connectivity index (χ4n) is 2.36. The van der Waals surface area contributed by atoms with Crippen molar-refractivity contribution in [3.63, 3.8) is 0 Å². The van der Waals surface area contributed by atoms with E-state index in [9.17, 15) is 14.4 Å². The minimum absolute atomic E-state index is 0.113. The van der Waals surface area contributed by atoms with Crippen molar-refractivity contribution < 1.29 is 29.1 Å². The third-order valence-corrected chi connectivity index (χ3v) is 3.52. The second-order valence-corrected chi connectivity index (χ2v) is 4.72. The van der Waals surface area contributed by atoms with Gasteiger partial charge in [0.15, 0.2) is 0 Å². The summed E-state index contributed by atoms with van der Waals surface area (Å²) in [5.74, 6) is -4.48. The Morgan fingerprint density at radius 1 is 1.30 bits per heavy atom. The Bertz CT molecular complexity index is 552. The summed E-state index contributed by atoms with van der Waals surface area (Å²) in [5, 5.41) is 21.6. The van der Waals surface area contributed by atoms with Crippen LogP contribution in [0.1, 0.15) is 22.5 Å². The van der Waals surface area contributed by atoms with Crippen LogP contribution in [0.5, 0.6) is 0 Å². The number of rotatable bonds is 3. The third-order valence-electron chi connectivity index (χ3n) is 3.52.